The highest BCUT2D eigenvalue weighted by atomic mass is 32.2. The molecule has 6 heteroatoms. The van der Waals surface area contributed by atoms with Gasteiger partial charge in [0.15, 0.2) is 9.84 Å². The van der Waals surface area contributed by atoms with Crippen LogP contribution in [0.5, 0.6) is 0 Å². The summed E-state index contributed by atoms with van der Waals surface area (Å²) in [5, 5.41) is 9.23. The topological polar surface area (TPSA) is 74.7 Å². The van der Waals surface area contributed by atoms with Crippen LogP contribution in [0.4, 0.5) is 0 Å². The second-order valence-electron chi connectivity index (χ2n) is 8.23. The van der Waals surface area contributed by atoms with Crippen LogP contribution in [-0.4, -0.2) is 49.8 Å². The number of benzene rings is 1. The van der Waals surface area contributed by atoms with E-state index in [1.54, 1.807) is 12.1 Å². The van der Waals surface area contributed by atoms with E-state index in [1.165, 1.54) is 0 Å². The first-order chi connectivity index (χ1) is 11.5. The third kappa shape index (κ3) is 5.28. The maximum atomic E-state index is 12.6. The van der Waals surface area contributed by atoms with Gasteiger partial charge >= 0.3 is 5.97 Å². The number of aliphatic carboxylic acids is 1. The minimum Gasteiger partial charge on any atom is -0.481 e. The number of hydrogen-bond donors (Lipinski definition) is 1. The van der Waals surface area contributed by atoms with Crippen LogP contribution in [-0.2, 0) is 20.0 Å². The van der Waals surface area contributed by atoms with Crippen LogP contribution in [0.3, 0.4) is 0 Å². The quantitative estimate of drug-likeness (QED) is 0.866. The zero-order chi connectivity index (χ0) is 18.8. The highest BCUT2D eigenvalue weighted by Gasteiger charge is 2.30. The lowest BCUT2D eigenvalue weighted by Crippen LogP contribution is -2.44. The molecule has 1 aromatic rings. The molecule has 2 unspecified atom stereocenters. The molecule has 1 fully saturated rings. The van der Waals surface area contributed by atoms with Crippen molar-refractivity contribution in [3.8, 4) is 0 Å². The fourth-order valence-corrected chi connectivity index (χ4v) is 4.64. The van der Waals surface area contributed by atoms with Crippen molar-refractivity contribution in [2.75, 3.05) is 25.4 Å². The number of carbonyl (C=O) groups is 1. The number of carboxylic acids is 1. The van der Waals surface area contributed by atoms with Crippen molar-refractivity contribution < 1.29 is 18.3 Å². The van der Waals surface area contributed by atoms with Gasteiger partial charge in [-0.15, -0.1) is 0 Å². The smallest absolute Gasteiger partial charge is 0.307 e. The van der Waals surface area contributed by atoms with Crippen LogP contribution < -0.4 is 0 Å². The SMILES string of the molecule is CC1CC(C(=O)O)CN(CCS(=O)(=O)c2ccc(C(C)(C)C)cc2)C1. The predicted molar refractivity (Wildman–Crippen MR) is 98.5 cm³/mol. The summed E-state index contributed by atoms with van der Waals surface area (Å²) in [5.41, 5.74) is 1.08. The Kier molecular flexibility index (Phi) is 5.94. The molecule has 0 saturated carbocycles. The zero-order valence-electron chi connectivity index (χ0n) is 15.5. The summed E-state index contributed by atoms with van der Waals surface area (Å²) in [6, 6.07) is 7.09. The van der Waals surface area contributed by atoms with Crippen molar-refractivity contribution in [2.45, 2.75) is 44.4 Å². The lowest BCUT2D eigenvalue weighted by Gasteiger charge is -2.34. The normalized spacial score (nSPS) is 22.7. The number of hydrogen-bond acceptors (Lipinski definition) is 4. The Morgan fingerprint density at radius 2 is 1.80 bits per heavy atom. The number of likely N-dealkylation sites (tertiary alicyclic amines) is 1. The molecule has 0 bridgehead atoms. The molecular weight excluding hydrogens is 338 g/mol. The van der Waals surface area contributed by atoms with Crippen LogP contribution in [0.2, 0.25) is 0 Å². The van der Waals surface area contributed by atoms with Gasteiger partial charge in [0.2, 0.25) is 0 Å². The summed E-state index contributed by atoms with van der Waals surface area (Å²) in [6.45, 7) is 9.84. The molecule has 1 aliphatic rings. The first kappa shape index (κ1) is 19.9. The Hall–Kier alpha value is -1.40. The predicted octanol–water partition coefficient (Wildman–Crippen LogP) is 2.80. The summed E-state index contributed by atoms with van der Waals surface area (Å²) >= 11 is 0. The molecule has 1 saturated heterocycles. The van der Waals surface area contributed by atoms with Gasteiger partial charge in [-0.25, -0.2) is 8.42 Å². The molecule has 2 atom stereocenters. The largest absolute Gasteiger partial charge is 0.481 e. The van der Waals surface area contributed by atoms with E-state index in [1.807, 2.05) is 24.0 Å². The average Bonchev–Trinajstić information content (AvgIpc) is 2.52. The van der Waals surface area contributed by atoms with Crippen LogP contribution in [0.1, 0.15) is 39.7 Å². The number of piperidine rings is 1. The van der Waals surface area contributed by atoms with E-state index in [9.17, 15) is 18.3 Å². The van der Waals surface area contributed by atoms with E-state index in [0.29, 0.717) is 24.4 Å². The van der Waals surface area contributed by atoms with Crippen molar-refractivity contribution in [3.63, 3.8) is 0 Å². The lowest BCUT2D eigenvalue weighted by atomic mass is 9.87. The summed E-state index contributed by atoms with van der Waals surface area (Å²) in [6.07, 6.45) is 0.660. The van der Waals surface area contributed by atoms with Gasteiger partial charge in [-0.2, -0.15) is 0 Å². The maximum Gasteiger partial charge on any atom is 0.307 e. The van der Waals surface area contributed by atoms with Crippen LogP contribution in [0.25, 0.3) is 0 Å². The molecule has 1 heterocycles. The van der Waals surface area contributed by atoms with Crippen molar-refractivity contribution in [3.05, 3.63) is 29.8 Å². The van der Waals surface area contributed by atoms with Crippen LogP contribution in [0.15, 0.2) is 29.2 Å². The lowest BCUT2D eigenvalue weighted by molar-refractivity contribution is -0.144. The summed E-state index contributed by atoms with van der Waals surface area (Å²) in [4.78, 5) is 13.5. The maximum absolute atomic E-state index is 12.6. The number of sulfone groups is 1. The van der Waals surface area contributed by atoms with Gasteiger partial charge in [-0.05, 0) is 35.4 Å². The monoisotopic (exact) mass is 367 g/mol. The van der Waals surface area contributed by atoms with Crippen molar-refractivity contribution in [2.24, 2.45) is 11.8 Å². The first-order valence-electron chi connectivity index (χ1n) is 8.77. The number of carboxylic acid groups (broad SMARTS) is 1. The molecule has 1 aromatic carbocycles. The molecule has 0 spiro atoms. The zero-order valence-corrected chi connectivity index (χ0v) is 16.3. The average molecular weight is 368 g/mol. The van der Waals surface area contributed by atoms with Gasteiger partial charge in [0, 0.05) is 19.6 Å². The second-order valence-corrected chi connectivity index (χ2v) is 10.3. The number of nitrogens with zero attached hydrogens (tertiary/aromatic N) is 1. The fourth-order valence-electron chi connectivity index (χ4n) is 3.35. The van der Waals surface area contributed by atoms with Crippen LogP contribution in [0, 0.1) is 11.8 Å². The van der Waals surface area contributed by atoms with Crippen LogP contribution >= 0.6 is 0 Å². The summed E-state index contributed by atoms with van der Waals surface area (Å²) in [7, 11) is -3.37. The Labute approximate surface area is 151 Å². The van der Waals surface area contributed by atoms with Crippen molar-refractivity contribution >= 4 is 15.8 Å². The second kappa shape index (κ2) is 7.46. The molecular formula is C19H29NO4S. The fraction of sp³-hybridized carbons (Fsp3) is 0.632. The molecule has 0 amide bonds. The Bertz CT molecular complexity index is 704. The molecule has 140 valence electrons. The molecule has 0 aromatic heterocycles. The van der Waals surface area contributed by atoms with Gasteiger partial charge in [-0.1, -0.05) is 39.8 Å². The van der Waals surface area contributed by atoms with Gasteiger partial charge in [0.1, 0.15) is 0 Å². The Balaban J connectivity index is 2.02. The van der Waals surface area contributed by atoms with Gasteiger partial charge in [0.05, 0.1) is 16.6 Å². The van der Waals surface area contributed by atoms with Gasteiger partial charge < -0.3 is 10.0 Å². The van der Waals surface area contributed by atoms with Gasteiger partial charge in [0.25, 0.3) is 0 Å². The third-order valence-electron chi connectivity index (χ3n) is 4.84. The molecule has 0 radical (unpaired) electrons. The Morgan fingerprint density at radius 1 is 1.20 bits per heavy atom. The molecule has 5 nitrogen and oxygen atoms in total. The molecule has 25 heavy (non-hydrogen) atoms. The van der Waals surface area contributed by atoms with E-state index < -0.39 is 21.7 Å². The van der Waals surface area contributed by atoms with Crippen molar-refractivity contribution in [1.82, 2.24) is 4.90 Å². The van der Waals surface area contributed by atoms with E-state index in [-0.39, 0.29) is 17.1 Å². The summed E-state index contributed by atoms with van der Waals surface area (Å²) in [5.74, 6) is -0.917. The molecule has 1 aliphatic heterocycles. The summed E-state index contributed by atoms with van der Waals surface area (Å²) < 4.78 is 25.2. The van der Waals surface area contributed by atoms with Crippen molar-refractivity contribution in [1.29, 1.82) is 0 Å². The highest BCUT2D eigenvalue weighted by molar-refractivity contribution is 7.91. The molecule has 2 rings (SSSR count). The number of rotatable bonds is 5. The third-order valence-corrected chi connectivity index (χ3v) is 6.55. The van der Waals surface area contributed by atoms with E-state index in [4.69, 9.17) is 0 Å². The van der Waals surface area contributed by atoms with E-state index in [2.05, 4.69) is 20.8 Å². The first-order valence-corrected chi connectivity index (χ1v) is 10.4. The van der Waals surface area contributed by atoms with E-state index in [0.717, 1.165) is 12.1 Å². The standard InChI is InChI=1S/C19H29NO4S/c1-14-11-15(18(21)22)13-20(12-14)9-10-25(23,24)17-7-5-16(6-8-17)19(2,3)4/h5-8,14-15H,9-13H2,1-4H3,(H,21,22). The minimum absolute atomic E-state index is 0.0148. The Morgan fingerprint density at radius 3 is 2.32 bits per heavy atom. The molecule has 0 aliphatic carbocycles. The van der Waals surface area contributed by atoms with E-state index >= 15 is 0 Å². The molecule has 1 N–H and O–H groups in total. The minimum atomic E-state index is -3.37. The highest BCUT2D eigenvalue weighted by Crippen LogP contribution is 2.25. The van der Waals surface area contributed by atoms with Gasteiger partial charge in [-0.3, -0.25) is 4.79 Å².